The molecule has 0 aliphatic carbocycles. The molecule has 0 aliphatic rings. The summed E-state index contributed by atoms with van der Waals surface area (Å²) in [6.45, 7) is 3.55. The highest BCUT2D eigenvalue weighted by molar-refractivity contribution is 6.30. The van der Waals surface area contributed by atoms with Crippen LogP contribution in [0.1, 0.15) is 49.1 Å². The van der Waals surface area contributed by atoms with E-state index in [4.69, 9.17) is 11.6 Å². The van der Waals surface area contributed by atoms with E-state index in [0.29, 0.717) is 27.2 Å². The first-order chi connectivity index (χ1) is 11.4. The fraction of sp³-hybridized carbons (Fsp3) is 0.375. The summed E-state index contributed by atoms with van der Waals surface area (Å²) in [5, 5.41) is 0.440. The molecule has 0 atom stereocenters. The van der Waals surface area contributed by atoms with Gasteiger partial charge < -0.3 is 0 Å². The van der Waals surface area contributed by atoms with Gasteiger partial charge in [-0.05, 0) is 37.1 Å². The van der Waals surface area contributed by atoms with Gasteiger partial charge in [0, 0.05) is 17.9 Å². The van der Waals surface area contributed by atoms with Gasteiger partial charge in [-0.25, -0.2) is 14.2 Å². The van der Waals surface area contributed by atoms with Crippen LogP contribution in [-0.4, -0.2) is 25.7 Å². The molecule has 8 heteroatoms. The zero-order chi connectivity index (χ0) is 17.9. The van der Waals surface area contributed by atoms with Gasteiger partial charge in [-0.3, -0.25) is 9.59 Å². The van der Waals surface area contributed by atoms with Crippen molar-refractivity contribution in [2.24, 2.45) is 0 Å². The highest BCUT2D eigenvalue weighted by Crippen LogP contribution is 2.11. The molecule has 1 aromatic heterocycles. The van der Waals surface area contributed by atoms with Crippen LogP contribution in [0.25, 0.3) is 5.69 Å². The average Bonchev–Trinajstić information content (AvgIpc) is 2.80. The highest BCUT2D eigenvalue weighted by atomic mass is 35.5. The largest absolute Gasteiger partial charge is 0.359 e. The molecule has 0 saturated carbocycles. The monoisotopic (exact) mass is 351 g/mol. The lowest BCUT2D eigenvalue weighted by molar-refractivity contribution is 0.0775. The molecule has 0 spiro atoms. The number of aromatic nitrogens is 3. The van der Waals surface area contributed by atoms with Crippen molar-refractivity contribution < 1.29 is 9.59 Å². The predicted octanol–water partition coefficient (Wildman–Crippen LogP) is 2.33. The Balaban J connectivity index is 2.74. The molecule has 0 saturated heterocycles. The van der Waals surface area contributed by atoms with Crippen molar-refractivity contribution in [3.05, 3.63) is 50.3 Å². The summed E-state index contributed by atoms with van der Waals surface area (Å²) in [7, 11) is 0. The van der Waals surface area contributed by atoms with E-state index in [2.05, 4.69) is 0 Å². The lowest BCUT2D eigenvalue weighted by Crippen LogP contribution is -2.36. The minimum Gasteiger partial charge on any atom is -0.272 e. The molecule has 0 radical (unpaired) electrons. The van der Waals surface area contributed by atoms with E-state index in [-0.39, 0.29) is 18.5 Å². The molecule has 0 fully saturated rings. The van der Waals surface area contributed by atoms with E-state index in [0.717, 1.165) is 4.57 Å². The number of rotatable bonds is 5. The summed E-state index contributed by atoms with van der Waals surface area (Å²) in [4.78, 5) is 49.8. The second kappa shape index (κ2) is 7.44. The SMILES string of the molecule is CCCC(=O)n1c(=O)n(-c2ccc(Cl)cc2)c(=O)n1C(=O)CCC. The lowest BCUT2D eigenvalue weighted by atomic mass is 10.3. The van der Waals surface area contributed by atoms with Gasteiger partial charge in [0.15, 0.2) is 0 Å². The molecule has 1 heterocycles. The Morgan fingerprint density at radius 1 is 0.875 bits per heavy atom. The third kappa shape index (κ3) is 3.26. The quantitative estimate of drug-likeness (QED) is 0.827. The molecule has 0 aliphatic heterocycles. The number of benzene rings is 1. The molecule has 24 heavy (non-hydrogen) atoms. The molecular weight excluding hydrogens is 334 g/mol. The molecule has 2 rings (SSSR count). The van der Waals surface area contributed by atoms with Gasteiger partial charge in [-0.15, -0.1) is 0 Å². The third-order valence-electron chi connectivity index (χ3n) is 3.43. The van der Waals surface area contributed by atoms with Crippen molar-refractivity contribution in [1.29, 1.82) is 0 Å². The van der Waals surface area contributed by atoms with E-state index >= 15 is 0 Å². The van der Waals surface area contributed by atoms with Gasteiger partial charge in [-0.2, -0.15) is 9.36 Å². The van der Waals surface area contributed by atoms with Crippen LogP contribution in [0.5, 0.6) is 0 Å². The number of hydrogen-bond acceptors (Lipinski definition) is 4. The van der Waals surface area contributed by atoms with Crippen LogP contribution < -0.4 is 11.4 Å². The van der Waals surface area contributed by atoms with Crippen molar-refractivity contribution >= 4 is 23.4 Å². The van der Waals surface area contributed by atoms with Gasteiger partial charge in [-0.1, -0.05) is 25.4 Å². The topological polar surface area (TPSA) is 83.1 Å². The van der Waals surface area contributed by atoms with Crippen molar-refractivity contribution in [3.8, 4) is 5.69 Å². The van der Waals surface area contributed by atoms with Gasteiger partial charge in [0.2, 0.25) is 11.8 Å². The second-order valence-electron chi connectivity index (χ2n) is 5.29. The molecule has 128 valence electrons. The van der Waals surface area contributed by atoms with Crippen molar-refractivity contribution in [2.45, 2.75) is 39.5 Å². The van der Waals surface area contributed by atoms with Gasteiger partial charge in [0.1, 0.15) is 0 Å². The predicted molar refractivity (Wildman–Crippen MR) is 90.4 cm³/mol. The Morgan fingerprint density at radius 2 is 1.29 bits per heavy atom. The Hall–Kier alpha value is -2.41. The van der Waals surface area contributed by atoms with Crippen molar-refractivity contribution in [1.82, 2.24) is 13.9 Å². The van der Waals surface area contributed by atoms with E-state index in [9.17, 15) is 19.2 Å². The Kier molecular flexibility index (Phi) is 5.56. The molecule has 0 amide bonds. The summed E-state index contributed by atoms with van der Waals surface area (Å²) in [5.41, 5.74) is -1.47. The lowest BCUT2D eigenvalue weighted by Gasteiger charge is -2.05. The molecule has 0 bridgehead atoms. The maximum Gasteiger partial charge on any atom is 0.359 e. The fourth-order valence-electron chi connectivity index (χ4n) is 2.33. The van der Waals surface area contributed by atoms with Crippen molar-refractivity contribution in [3.63, 3.8) is 0 Å². The first kappa shape index (κ1) is 17.9. The molecule has 0 unspecified atom stereocenters. The zero-order valence-electron chi connectivity index (χ0n) is 13.5. The first-order valence-corrected chi connectivity index (χ1v) is 8.09. The van der Waals surface area contributed by atoms with Crippen LogP contribution in [0, 0.1) is 0 Å². The smallest absolute Gasteiger partial charge is 0.272 e. The molecule has 1 aromatic carbocycles. The average molecular weight is 352 g/mol. The number of halogens is 1. The molecular formula is C16H18ClN3O4. The number of hydrogen-bond donors (Lipinski definition) is 0. The van der Waals surface area contributed by atoms with Crippen LogP contribution in [0.3, 0.4) is 0 Å². The van der Waals surface area contributed by atoms with E-state index in [1.807, 2.05) is 0 Å². The van der Waals surface area contributed by atoms with Crippen LogP contribution in [0.15, 0.2) is 33.9 Å². The Bertz CT molecular complexity index is 825. The summed E-state index contributed by atoms with van der Waals surface area (Å²) >= 11 is 5.81. The van der Waals surface area contributed by atoms with E-state index < -0.39 is 23.2 Å². The summed E-state index contributed by atoms with van der Waals surface area (Å²) < 4.78 is 2.08. The van der Waals surface area contributed by atoms with E-state index in [1.54, 1.807) is 13.8 Å². The first-order valence-electron chi connectivity index (χ1n) is 7.71. The summed E-state index contributed by atoms with van der Waals surface area (Å²) in [6, 6.07) is 6.00. The second-order valence-corrected chi connectivity index (χ2v) is 5.72. The Labute approximate surface area is 143 Å². The van der Waals surface area contributed by atoms with Crippen LogP contribution in [-0.2, 0) is 0 Å². The van der Waals surface area contributed by atoms with Crippen LogP contribution in [0.4, 0.5) is 0 Å². The van der Waals surface area contributed by atoms with Gasteiger partial charge in [0.25, 0.3) is 0 Å². The standard InChI is InChI=1S/C16H18ClN3O4/c1-3-5-13(21)19-15(23)18(12-9-7-11(17)8-10-12)16(24)20(19)14(22)6-4-2/h7-10H,3-6H2,1-2H3. The third-order valence-corrected chi connectivity index (χ3v) is 3.68. The normalized spacial score (nSPS) is 10.8. The van der Waals surface area contributed by atoms with Crippen molar-refractivity contribution in [2.75, 3.05) is 0 Å². The van der Waals surface area contributed by atoms with Gasteiger partial charge in [0.05, 0.1) is 5.69 Å². The maximum atomic E-state index is 12.6. The minimum atomic E-state index is -0.856. The fourth-order valence-corrected chi connectivity index (χ4v) is 2.46. The van der Waals surface area contributed by atoms with E-state index in [1.165, 1.54) is 24.3 Å². The maximum absolute atomic E-state index is 12.6. The van der Waals surface area contributed by atoms with Crippen LogP contribution >= 0.6 is 11.6 Å². The number of carbonyl (C=O) groups excluding carboxylic acids is 2. The molecule has 0 N–H and O–H groups in total. The summed E-state index contributed by atoms with van der Waals surface area (Å²) in [5.74, 6) is -1.17. The molecule has 2 aromatic rings. The minimum absolute atomic E-state index is 0.0589. The molecule has 7 nitrogen and oxygen atoms in total. The van der Waals surface area contributed by atoms with Gasteiger partial charge >= 0.3 is 11.4 Å². The Morgan fingerprint density at radius 3 is 1.67 bits per heavy atom. The van der Waals surface area contributed by atoms with Crippen LogP contribution in [0.2, 0.25) is 5.02 Å². The number of carbonyl (C=O) groups is 2. The number of nitrogens with zero attached hydrogens (tertiary/aromatic N) is 3. The zero-order valence-corrected chi connectivity index (χ0v) is 14.2. The highest BCUT2D eigenvalue weighted by Gasteiger charge is 2.25. The summed E-state index contributed by atoms with van der Waals surface area (Å²) in [6.07, 6.45) is 1.11.